The van der Waals surface area contributed by atoms with Gasteiger partial charge in [0.05, 0.1) is 23.5 Å². The van der Waals surface area contributed by atoms with E-state index in [0.717, 1.165) is 22.1 Å². The fourth-order valence-corrected chi connectivity index (χ4v) is 4.01. The van der Waals surface area contributed by atoms with Gasteiger partial charge in [-0.25, -0.2) is 0 Å². The number of rotatable bonds is 7. The monoisotopic (exact) mass is 419 g/mol. The minimum absolute atomic E-state index is 0.0604. The van der Waals surface area contributed by atoms with E-state index in [2.05, 4.69) is 15.5 Å². The second-order valence-corrected chi connectivity index (χ2v) is 7.82. The van der Waals surface area contributed by atoms with Gasteiger partial charge in [0, 0.05) is 11.9 Å². The first-order valence-electron chi connectivity index (χ1n) is 9.47. The smallest absolute Gasteiger partial charge is 0.255 e. The zero-order valence-corrected chi connectivity index (χ0v) is 17.5. The Morgan fingerprint density at radius 3 is 2.60 bits per heavy atom. The number of thioether (sulfide) groups is 1. The van der Waals surface area contributed by atoms with Crippen molar-refractivity contribution in [2.75, 3.05) is 7.05 Å². The number of hydrogen-bond donors (Lipinski definition) is 0. The lowest BCUT2D eigenvalue weighted by Gasteiger charge is -2.17. The highest BCUT2D eigenvalue weighted by Gasteiger charge is 2.18. The summed E-state index contributed by atoms with van der Waals surface area (Å²) in [4.78, 5) is 15.6. The summed E-state index contributed by atoms with van der Waals surface area (Å²) in [6.45, 7) is 2.30. The van der Waals surface area contributed by atoms with Gasteiger partial charge in [-0.3, -0.25) is 4.79 Å². The molecule has 0 N–H and O–H groups in total. The summed E-state index contributed by atoms with van der Waals surface area (Å²) in [5.41, 5.74) is 1.54. The van der Waals surface area contributed by atoms with Gasteiger partial charge in [-0.1, -0.05) is 30.3 Å². The average molecular weight is 420 g/mol. The highest BCUT2D eigenvalue weighted by atomic mass is 32.2. The average Bonchev–Trinajstić information content (AvgIpc) is 3.41. The molecule has 0 spiro atoms. The summed E-state index contributed by atoms with van der Waals surface area (Å²) in [7, 11) is 1.78. The Labute approximate surface area is 178 Å². The first kappa shape index (κ1) is 19.9. The van der Waals surface area contributed by atoms with Gasteiger partial charge in [-0.05, 0) is 53.7 Å². The van der Waals surface area contributed by atoms with E-state index < -0.39 is 0 Å². The van der Waals surface area contributed by atoms with E-state index in [1.165, 1.54) is 11.8 Å². The van der Waals surface area contributed by atoms with Crippen molar-refractivity contribution >= 4 is 17.7 Å². The number of furan rings is 1. The van der Waals surface area contributed by atoms with Crippen molar-refractivity contribution in [3.63, 3.8) is 0 Å². The number of para-hydroxylation sites is 1. The predicted octanol–water partition coefficient (Wildman–Crippen LogP) is 4.13. The van der Waals surface area contributed by atoms with Crippen LogP contribution < -0.4 is 0 Å². The van der Waals surface area contributed by atoms with Crippen molar-refractivity contribution in [1.82, 2.24) is 25.1 Å². The maximum atomic E-state index is 13.1. The number of tetrazole rings is 1. The van der Waals surface area contributed by atoms with Crippen LogP contribution in [-0.4, -0.2) is 38.1 Å². The number of nitrogens with zero attached hydrogens (tertiary/aromatic N) is 5. The molecular formula is C22H21N5O2S. The van der Waals surface area contributed by atoms with Gasteiger partial charge >= 0.3 is 0 Å². The van der Waals surface area contributed by atoms with Gasteiger partial charge in [0.2, 0.25) is 0 Å². The van der Waals surface area contributed by atoms with Crippen LogP contribution in [0.5, 0.6) is 0 Å². The number of carbonyl (C=O) groups is 1. The number of carbonyl (C=O) groups excluding carboxylic acids is 1. The molecule has 0 unspecified atom stereocenters. The molecule has 0 radical (unpaired) electrons. The van der Waals surface area contributed by atoms with E-state index in [9.17, 15) is 4.79 Å². The number of amides is 1. The molecule has 2 heterocycles. The fourth-order valence-electron chi connectivity index (χ4n) is 3.06. The standard InChI is InChI=1S/C22H21N5O2S/c1-16-12-13-18(29-16)14-26(2)22(28)19-10-6-7-11-20(19)30-15-21-23-24-25-27(21)17-8-4-3-5-9-17/h3-13H,14-15H2,1-2H3. The van der Waals surface area contributed by atoms with Crippen LogP contribution in [0.25, 0.3) is 5.69 Å². The molecule has 7 nitrogen and oxygen atoms in total. The summed E-state index contributed by atoms with van der Waals surface area (Å²) in [5, 5.41) is 12.0. The summed E-state index contributed by atoms with van der Waals surface area (Å²) >= 11 is 1.54. The van der Waals surface area contributed by atoms with Crippen LogP contribution >= 0.6 is 11.8 Å². The van der Waals surface area contributed by atoms with E-state index in [0.29, 0.717) is 23.7 Å². The largest absolute Gasteiger partial charge is 0.464 e. The fraction of sp³-hybridized carbons (Fsp3) is 0.182. The van der Waals surface area contributed by atoms with Gasteiger partial charge in [0.15, 0.2) is 5.82 Å². The van der Waals surface area contributed by atoms with Crippen LogP contribution in [0.1, 0.15) is 27.7 Å². The first-order chi connectivity index (χ1) is 14.6. The molecule has 0 saturated carbocycles. The van der Waals surface area contributed by atoms with E-state index in [1.807, 2.05) is 73.7 Å². The molecule has 0 aliphatic rings. The number of aryl methyl sites for hydroxylation is 1. The molecule has 30 heavy (non-hydrogen) atoms. The molecule has 1 amide bonds. The third kappa shape index (κ3) is 4.44. The number of aromatic nitrogens is 4. The van der Waals surface area contributed by atoms with Gasteiger partial charge < -0.3 is 9.32 Å². The van der Waals surface area contributed by atoms with Gasteiger partial charge in [-0.15, -0.1) is 16.9 Å². The zero-order valence-electron chi connectivity index (χ0n) is 16.7. The molecule has 8 heteroatoms. The minimum atomic E-state index is -0.0604. The summed E-state index contributed by atoms with van der Waals surface area (Å²) in [6.07, 6.45) is 0. The van der Waals surface area contributed by atoms with Gasteiger partial charge in [0.25, 0.3) is 5.91 Å². The van der Waals surface area contributed by atoms with Gasteiger partial charge in [-0.2, -0.15) is 4.68 Å². The maximum Gasteiger partial charge on any atom is 0.255 e. The summed E-state index contributed by atoms with van der Waals surface area (Å²) in [5.74, 6) is 2.78. The molecule has 0 fully saturated rings. The Kier molecular flexibility index (Phi) is 5.94. The summed E-state index contributed by atoms with van der Waals surface area (Å²) in [6, 6.07) is 21.1. The van der Waals surface area contributed by atoms with Crippen molar-refractivity contribution in [2.24, 2.45) is 0 Å². The SMILES string of the molecule is Cc1ccc(CN(C)C(=O)c2ccccc2SCc2nnnn2-c2ccccc2)o1. The second-order valence-electron chi connectivity index (χ2n) is 6.80. The number of hydrogen-bond acceptors (Lipinski definition) is 6. The number of benzene rings is 2. The van der Waals surface area contributed by atoms with Crippen molar-refractivity contribution in [3.05, 3.63) is 89.6 Å². The second kappa shape index (κ2) is 8.96. The lowest BCUT2D eigenvalue weighted by Crippen LogP contribution is -2.26. The van der Waals surface area contributed by atoms with Crippen molar-refractivity contribution in [2.45, 2.75) is 24.1 Å². The molecule has 4 rings (SSSR count). The highest BCUT2D eigenvalue weighted by molar-refractivity contribution is 7.98. The van der Waals surface area contributed by atoms with E-state index >= 15 is 0 Å². The van der Waals surface area contributed by atoms with E-state index in [1.54, 1.807) is 16.6 Å². The zero-order chi connectivity index (χ0) is 20.9. The molecule has 2 aromatic carbocycles. The van der Waals surface area contributed by atoms with Crippen LogP contribution in [0.4, 0.5) is 0 Å². The molecule has 0 saturated heterocycles. The lowest BCUT2D eigenvalue weighted by atomic mass is 10.2. The van der Waals surface area contributed by atoms with E-state index in [4.69, 9.17) is 4.42 Å². The molecular weight excluding hydrogens is 398 g/mol. The molecule has 0 aliphatic carbocycles. The quantitative estimate of drug-likeness (QED) is 0.419. The van der Waals surface area contributed by atoms with Crippen LogP contribution in [0.15, 0.2) is 76.0 Å². The minimum Gasteiger partial charge on any atom is -0.464 e. The Hall–Kier alpha value is -3.39. The Bertz CT molecular complexity index is 1140. The van der Waals surface area contributed by atoms with Crippen LogP contribution in [-0.2, 0) is 12.3 Å². The van der Waals surface area contributed by atoms with Crippen LogP contribution in [0, 0.1) is 6.92 Å². The van der Waals surface area contributed by atoms with E-state index in [-0.39, 0.29) is 5.91 Å². The molecule has 0 bridgehead atoms. The Morgan fingerprint density at radius 1 is 1.07 bits per heavy atom. The molecule has 0 aliphatic heterocycles. The normalized spacial score (nSPS) is 10.9. The van der Waals surface area contributed by atoms with Crippen molar-refractivity contribution in [1.29, 1.82) is 0 Å². The van der Waals surface area contributed by atoms with Crippen LogP contribution in [0.3, 0.4) is 0 Å². The third-order valence-electron chi connectivity index (χ3n) is 4.54. The van der Waals surface area contributed by atoms with Gasteiger partial charge in [0.1, 0.15) is 11.5 Å². The van der Waals surface area contributed by atoms with Crippen molar-refractivity contribution in [3.8, 4) is 5.69 Å². The Morgan fingerprint density at radius 2 is 1.83 bits per heavy atom. The predicted molar refractivity (Wildman–Crippen MR) is 114 cm³/mol. The highest BCUT2D eigenvalue weighted by Crippen LogP contribution is 2.27. The molecule has 0 atom stereocenters. The molecule has 4 aromatic rings. The van der Waals surface area contributed by atoms with Crippen molar-refractivity contribution < 1.29 is 9.21 Å². The topological polar surface area (TPSA) is 77.1 Å². The molecule has 152 valence electrons. The third-order valence-corrected chi connectivity index (χ3v) is 5.61. The maximum absolute atomic E-state index is 13.1. The van der Waals surface area contributed by atoms with Crippen LogP contribution in [0.2, 0.25) is 0 Å². The Balaban J connectivity index is 1.49. The molecule has 2 aromatic heterocycles. The first-order valence-corrected chi connectivity index (χ1v) is 10.5. The lowest BCUT2D eigenvalue weighted by molar-refractivity contribution is 0.0771. The summed E-state index contributed by atoms with van der Waals surface area (Å²) < 4.78 is 7.31.